The first-order chi connectivity index (χ1) is 9.13. The van der Waals surface area contributed by atoms with Gasteiger partial charge in [0.15, 0.2) is 0 Å². The van der Waals surface area contributed by atoms with Crippen LogP contribution in [0.15, 0.2) is 12.3 Å². The average Bonchev–Trinajstić information content (AvgIpc) is 2.84. The highest BCUT2D eigenvalue weighted by molar-refractivity contribution is 5.92. The van der Waals surface area contributed by atoms with Crippen molar-refractivity contribution in [1.29, 1.82) is 0 Å². The molecule has 0 spiro atoms. The summed E-state index contributed by atoms with van der Waals surface area (Å²) in [6.07, 6.45) is 4.01. The first-order valence-corrected chi connectivity index (χ1v) is 6.72. The van der Waals surface area contributed by atoms with Crippen molar-refractivity contribution in [2.45, 2.75) is 39.3 Å². The molecule has 2 amide bonds. The van der Waals surface area contributed by atoms with E-state index in [0.717, 1.165) is 18.5 Å². The molecule has 104 valence electrons. The van der Waals surface area contributed by atoms with E-state index < -0.39 is 0 Å². The van der Waals surface area contributed by atoms with Gasteiger partial charge in [-0.3, -0.25) is 14.3 Å². The van der Waals surface area contributed by atoms with Crippen LogP contribution in [-0.2, 0) is 16.1 Å². The molecule has 6 heteroatoms. The lowest BCUT2D eigenvalue weighted by Crippen LogP contribution is -2.51. The molecule has 19 heavy (non-hydrogen) atoms. The third kappa shape index (κ3) is 3.13. The van der Waals surface area contributed by atoms with Gasteiger partial charge in [-0.1, -0.05) is 13.8 Å². The van der Waals surface area contributed by atoms with Crippen LogP contribution in [0, 0.1) is 0 Å². The Morgan fingerprint density at radius 2 is 2.11 bits per heavy atom. The van der Waals surface area contributed by atoms with Crippen molar-refractivity contribution < 1.29 is 9.59 Å². The molecule has 0 radical (unpaired) electrons. The first-order valence-electron chi connectivity index (χ1n) is 6.72. The molecule has 1 aliphatic heterocycles. The summed E-state index contributed by atoms with van der Waals surface area (Å²) in [6.45, 7) is 4.88. The minimum atomic E-state index is -0.112. The van der Waals surface area contributed by atoms with Crippen LogP contribution in [-0.4, -0.2) is 39.6 Å². The maximum absolute atomic E-state index is 11.7. The Hall–Kier alpha value is -1.85. The van der Waals surface area contributed by atoms with Gasteiger partial charge < -0.3 is 10.2 Å². The van der Waals surface area contributed by atoms with E-state index in [-0.39, 0.29) is 24.9 Å². The molecule has 1 aromatic heterocycles. The molecule has 1 aliphatic rings. The molecular weight excluding hydrogens is 244 g/mol. The van der Waals surface area contributed by atoms with E-state index in [2.05, 4.69) is 24.3 Å². The number of piperazine rings is 1. The second-order valence-corrected chi connectivity index (χ2v) is 4.78. The lowest BCUT2D eigenvalue weighted by Gasteiger charge is -2.25. The summed E-state index contributed by atoms with van der Waals surface area (Å²) in [5, 5.41) is 7.03. The number of carbonyl (C=O) groups is 2. The summed E-state index contributed by atoms with van der Waals surface area (Å²) in [4.78, 5) is 24.5. The fourth-order valence-electron chi connectivity index (χ4n) is 2.27. The molecule has 0 atom stereocenters. The number of nitrogens with zero attached hydrogens (tertiary/aromatic N) is 3. The number of nitrogens with one attached hydrogen (secondary N) is 1. The number of carbonyl (C=O) groups excluding carboxylic acids is 2. The van der Waals surface area contributed by atoms with E-state index in [1.807, 2.05) is 16.9 Å². The van der Waals surface area contributed by atoms with Crippen LogP contribution < -0.4 is 5.32 Å². The molecule has 2 heterocycles. The highest BCUT2D eigenvalue weighted by atomic mass is 16.2. The average molecular weight is 264 g/mol. The van der Waals surface area contributed by atoms with Gasteiger partial charge in [-0.2, -0.15) is 5.10 Å². The zero-order valence-corrected chi connectivity index (χ0v) is 11.4. The summed E-state index contributed by atoms with van der Waals surface area (Å²) in [5.74, 6) is -0.171. The van der Waals surface area contributed by atoms with Crippen LogP contribution in [0.1, 0.15) is 38.4 Å². The SMILES string of the molecule is CCC(CC)n1ccc(CN2CC(=O)NCC2=O)n1. The quantitative estimate of drug-likeness (QED) is 0.851. The van der Waals surface area contributed by atoms with Gasteiger partial charge >= 0.3 is 0 Å². The van der Waals surface area contributed by atoms with E-state index in [1.165, 1.54) is 0 Å². The second-order valence-electron chi connectivity index (χ2n) is 4.78. The third-order valence-electron chi connectivity index (χ3n) is 3.46. The summed E-state index contributed by atoms with van der Waals surface area (Å²) in [6, 6.07) is 2.31. The van der Waals surface area contributed by atoms with Crippen molar-refractivity contribution in [3.63, 3.8) is 0 Å². The summed E-state index contributed by atoms with van der Waals surface area (Å²) >= 11 is 0. The van der Waals surface area contributed by atoms with Crippen molar-refractivity contribution in [3.05, 3.63) is 18.0 Å². The lowest BCUT2D eigenvalue weighted by molar-refractivity contribution is -0.141. The molecular formula is C13H20N4O2. The van der Waals surface area contributed by atoms with Crippen LogP contribution in [0.2, 0.25) is 0 Å². The van der Waals surface area contributed by atoms with E-state index in [0.29, 0.717) is 12.6 Å². The van der Waals surface area contributed by atoms with Gasteiger partial charge in [0, 0.05) is 6.20 Å². The van der Waals surface area contributed by atoms with Gasteiger partial charge in [0.05, 0.1) is 31.4 Å². The standard InChI is InChI=1S/C13H20N4O2/c1-3-11(4-2)17-6-5-10(15-17)8-16-9-12(18)14-7-13(16)19/h5-6,11H,3-4,7-9H2,1-2H3,(H,14,18). The van der Waals surface area contributed by atoms with Crippen molar-refractivity contribution in [1.82, 2.24) is 20.0 Å². The number of hydrogen-bond acceptors (Lipinski definition) is 3. The van der Waals surface area contributed by atoms with Gasteiger partial charge in [-0.15, -0.1) is 0 Å². The molecule has 0 bridgehead atoms. The van der Waals surface area contributed by atoms with Crippen molar-refractivity contribution >= 4 is 11.8 Å². The molecule has 2 rings (SSSR count). The Kier molecular flexibility index (Phi) is 4.19. The highest BCUT2D eigenvalue weighted by Gasteiger charge is 2.23. The van der Waals surface area contributed by atoms with Crippen molar-refractivity contribution in [2.75, 3.05) is 13.1 Å². The van der Waals surface area contributed by atoms with Crippen LogP contribution >= 0.6 is 0 Å². The first kappa shape index (κ1) is 13.6. The minimum Gasteiger partial charge on any atom is -0.345 e. The van der Waals surface area contributed by atoms with Crippen LogP contribution in [0.25, 0.3) is 0 Å². The second kappa shape index (κ2) is 5.86. The fourth-order valence-corrected chi connectivity index (χ4v) is 2.27. The van der Waals surface area contributed by atoms with Crippen LogP contribution in [0.3, 0.4) is 0 Å². The number of aromatic nitrogens is 2. The zero-order valence-electron chi connectivity index (χ0n) is 11.4. The Bertz CT molecular complexity index is 465. The Balaban J connectivity index is 2.03. The van der Waals surface area contributed by atoms with Gasteiger partial charge in [-0.25, -0.2) is 0 Å². The Morgan fingerprint density at radius 3 is 2.79 bits per heavy atom. The Labute approximate surface area is 112 Å². The predicted molar refractivity (Wildman–Crippen MR) is 70.3 cm³/mol. The molecule has 6 nitrogen and oxygen atoms in total. The highest BCUT2D eigenvalue weighted by Crippen LogP contribution is 2.15. The lowest BCUT2D eigenvalue weighted by atomic mass is 10.2. The topological polar surface area (TPSA) is 67.2 Å². The van der Waals surface area contributed by atoms with Crippen LogP contribution in [0.4, 0.5) is 0 Å². The van der Waals surface area contributed by atoms with Gasteiger partial charge in [0.25, 0.3) is 0 Å². The molecule has 1 aromatic rings. The Morgan fingerprint density at radius 1 is 1.37 bits per heavy atom. The fraction of sp³-hybridized carbons (Fsp3) is 0.615. The maximum Gasteiger partial charge on any atom is 0.242 e. The van der Waals surface area contributed by atoms with E-state index in [9.17, 15) is 9.59 Å². The molecule has 0 aliphatic carbocycles. The molecule has 0 aromatic carbocycles. The number of amides is 2. The minimum absolute atomic E-state index is 0.0586. The third-order valence-corrected chi connectivity index (χ3v) is 3.46. The normalized spacial score (nSPS) is 16.1. The monoisotopic (exact) mass is 264 g/mol. The van der Waals surface area contributed by atoms with Crippen LogP contribution in [0.5, 0.6) is 0 Å². The predicted octanol–water partition coefficient (Wildman–Crippen LogP) is 0.703. The maximum atomic E-state index is 11.7. The van der Waals surface area contributed by atoms with E-state index in [4.69, 9.17) is 0 Å². The summed E-state index contributed by atoms with van der Waals surface area (Å²) in [5.41, 5.74) is 0.829. The summed E-state index contributed by atoms with van der Waals surface area (Å²) < 4.78 is 1.95. The number of rotatable bonds is 5. The smallest absolute Gasteiger partial charge is 0.242 e. The molecule has 1 fully saturated rings. The largest absolute Gasteiger partial charge is 0.345 e. The van der Waals surface area contributed by atoms with Gasteiger partial charge in [0.2, 0.25) is 11.8 Å². The van der Waals surface area contributed by atoms with Crippen molar-refractivity contribution in [2.24, 2.45) is 0 Å². The van der Waals surface area contributed by atoms with E-state index >= 15 is 0 Å². The number of hydrogen-bond donors (Lipinski definition) is 1. The molecule has 0 saturated carbocycles. The van der Waals surface area contributed by atoms with Crippen molar-refractivity contribution in [3.8, 4) is 0 Å². The van der Waals surface area contributed by atoms with E-state index in [1.54, 1.807) is 4.90 Å². The summed E-state index contributed by atoms with van der Waals surface area (Å²) in [7, 11) is 0. The molecule has 1 saturated heterocycles. The zero-order chi connectivity index (χ0) is 13.8. The van der Waals surface area contributed by atoms with Gasteiger partial charge in [0.1, 0.15) is 0 Å². The van der Waals surface area contributed by atoms with Gasteiger partial charge in [-0.05, 0) is 18.9 Å². The molecule has 0 unspecified atom stereocenters. The molecule has 1 N–H and O–H groups in total.